The first kappa shape index (κ1) is 19.5. The molecule has 3 aromatic rings. The van der Waals surface area contributed by atoms with Gasteiger partial charge in [0.1, 0.15) is 11.5 Å². The SMILES string of the molecule is CCCN(CCC)C(=O)CNc1cc(-c2ccco2)nc(-c2ccncc2)n1. The third-order valence-corrected chi connectivity index (χ3v) is 4.20. The number of furan rings is 1. The fourth-order valence-electron chi connectivity index (χ4n) is 2.90. The van der Waals surface area contributed by atoms with E-state index in [4.69, 9.17) is 4.42 Å². The van der Waals surface area contributed by atoms with Gasteiger partial charge in [-0.25, -0.2) is 9.97 Å². The Kier molecular flexibility index (Phi) is 6.73. The maximum Gasteiger partial charge on any atom is 0.241 e. The third kappa shape index (κ3) is 4.94. The average Bonchev–Trinajstić information content (AvgIpc) is 3.27. The van der Waals surface area contributed by atoms with Crippen molar-refractivity contribution >= 4 is 11.7 Å². The first-order chi connectivity index (χ1) is 13.7. The van der Waals surface area contributed by atoms with E-state index in [1.165, 1.54) is 0 Å². The summed E-state index contributed by atoms with van der Waals surface area (Å²) in [5, 5.41) is 3.15. The predicted octanol–water partition coefficient (Wildman–Crippen LogP) is 3.86. The van der Waals surface area contributed by atoms with Crippen molar-refractivity contribution in [3.05, 3.63) is 49.0 Å². The van der Waals surface area contributed by atoms with E-state index < -0.39 is 0 Å². The number of nitrogens with one attached hydrogen (secondary N) is 1. The first-order valence-electron chi connectivity index (χ1n) is 9.56. The molecule has 0 radical (unpaired) electrons. The molecule has 28 heavy (non-hydrogen) atoms. The number of rotatable bonds is 9. The molecule has 3 heterocycles. The second-order valence-electron chi connectivity index (χ2n) is 6.41. The summed E-state index contributed by atoms with van der Waals surface area (Å²) in [6.07, 6.45) is 6.88. The Labute approximate surface area is 164 Å². The van der Waals surface area contributed by atoms with Crippen molar-refractivity contribution in [2.75, 3.05) is 25.0 Å². The minimum Gasteiger partial charge on any atom is -0.463 e. The number of hydrogen-bond acceptors (Lipinski definition) is 6. The Morgan fingerprint density at radius 3 is 2.50 bits per heavy atom. The maximum absolute atomic E-state index is 12.6. The van der Waals surface area contributed by atoms with Crippen LogP contribution in [-0.4, -0.2) is 45.4 Å². The van der Waals surface area contributed by atoms with Crippen LogP contribution in [0.15, 0.2) is 53.4 Å². The summed E-state index contributed by atoms with van der Waals surface area (Å²) in [6, 6.07) is 9.15. The number of amides is 1. The molecule has 1 N–H and O–H groups in total. The van der Waals surface area contributed by atoms with E-state index in [-0.39, 0.29) is 12.5 Å². The number of carbonyl (C=O) groups is 1. The summed E-state index contributed by atoms with van der Waals surface area (Å²) < 4.78 is 5.49. The van der Waals surface area contributed by atoms with Gasteiger partial charge < -0.3 is 14.6 Å². The monoisotopic (exact) mass is 379 g/mol. The zero-order valence-corrected chi connectivity index (χ0v) is 16.3. The van der Waals surface area contributed by atoms with Crippen LogP contribution in [0.2, 0.25) is 0 Å². The molecule has 0 fully saturated rings. The largest absolute Gasteiger partial charge is 0.463 e. The molecule has 0 aliphatic heterocycles. The smallest absolute Gasteiger partial charge is 0.241 e. The third-order valence-electron chi connectivity index (χ3n) is 4.20. The van der Waals surface area contributed by atoms with Crippen LogP contribution in [0, 0.1) is 0 Å². The van der Waals surface area contributed by atoms with Crippen molar-refractivity contribution < 1.29 is 9.21 Å². The fourth-order valence-corrected chi connectivity index (χ4v) is 2.90. The molecule has 7 heteroatoms. The highest BCUT2D eigenvalue weighted by Gasteiger charge is 2.14. The molecule has 146 valence electrons. The van der Waals surface area contributed by atoms with Crippen LogP contribution in [0.1, 0.15) is 26.7 Å². The molecule has 0 aliphatic rings. The van der Waals surface area contributed by atoms with Gasteiger partial charge in [-0.05, 0) is 37.1 Å². The standard InChI is InChI=1S/C21H25N5O2/c1-3-11-26(12-4-2)20(27)15-23-19-14-17(18-6-5-13-28-18)24-21(25-19)16-7-9-22-10-8-16/h5-10,13-14H,3-4,11-12,15H2,1-2H3,(H,23,24,25). The van der Waals surface area contributed by atoms with E-state index in [1.54, 1.807) is 24.7 Å². The molecule has 0 aromatic carbocycles. The van der Waals surface area contributed by atoms with Crippen LogP contribution in [0.25, 0.3) is 22.8 Å². The average molecular weight is 379 g/mol. The second-order valence-corrected chi connectivity index (χ2v) is 6.41. The second kappa shape index (κ2) is 9.64. The van der Waals surface area contributed by atoms with Crippen molar-refractivity contribution in [3.8, 4) is 22.8 Å². The Morgan fingerprint density at radius 2 is 1.86 bits per heavy atom. The number of aromatic nitrogens is 3. The van der Waals surface area contributed by atoms with Gasteiger partial charge in [0.15, 0.2) is 11.6 Å². The zero-order valence-electron chi connectivity index (χ0n) is 16.3. The molecule has 7 nitrogen and oxygen atoms in total. The van der Waals surface area contributed by atoms with Gasteiger partial charge in [-0.15, -0.1) is 0 Å². The highest BCUT2D eigenvalue weighted by atomic mass is 16.3. The topological polar surface area (TPSA) is 84.2 Å². The molecule has 3 aromatic heterocycles. The molecule has 1 amide bonds. The minimum atomic E-state index is 0.0623. The van der Waals surface area contributed by atoms with E-state index in [9.17, 15) is 4.79 Å². The molecular formula is C21H25N5O2. The van der Waals surface area contributed by atoms with Crippen LogP contribution in [0.5, 0.6) is 0 Å². The molecular weight excluding hydrogens is 354 g/mol. The van der Waals surface area contributed by atoms with Crippen molar-refractivity contribution in [1.82, 2.24) is 19.9 Å². The summed E-state index contributed by atoms with van der Waals surface area (Å²) in [7, 11) is 0. The number of anilines is 1. The van der Waals surface area contributed by atoms with Gasteiger partial charge in [0.2, 0.25) is 5.91 Å². The normalized spacial score (nSPS) is 10.6. The molecule has 3 rings (SSSR count). The van der Waals surface area contributed by atoms with Crippen molar-refractivity contribution in [2.45, 2.75) is 26.7 Å². The Morgan fingerprint density at radius 1 is 1.11 bits per heavy atom. The van der Waals surface area contributed by atoms with Gasteiger partial charge in [0.25, 0.3) is 0 Å². The van der Waals surface area contributed by atoms with E-state index in [0.29, 0.717) is 23.1 Å². The maximum atomic E-state index is 12.6. The summed E-state index contributed by atoms with van der Waals surface area (Å²) in [6.45, 7) is 5.86. The van der Waals surface area contributed by atoms with Crippen LogP contribution >= 0.6 is 0 Å². The summed E-state index contributed by atoms with van der Waals surface area (Å²) >= 11 is 0. The summed E-state index contributed by atoms with van der Waals surface area (Å²) in [4.78, 5) is 27.7. The van der Waals surface area contributed by atoms with Gasteiger partial charge in [-0.1, -0.05) is 13.8 Å². The zero-order chi connectivity index (χ0) is 19.8. The van der Waals surface area contributed by atoms with Gasteiger partial charge in [-0.3, -0.25) is 9.78 Å². The van der Waals surface area contributed by atoms with E-state index in [0.717, 1.165) is 31.5 Å². The van der Waals surface area contributed by atoms with Crippen LogP contribution < -0.4 is 5.32 Å². The Hall–Kier alpha value is -3.22. The highest BCUT2D eigenvalue weighted by molar-refractivity contribution is 5.81. The van der Waals surface area contributed by atoms with Crippen LogP contribution in [0.3, 0.4) is 0 Å². The lowest BCUT2D eigenvalue weighted by atomic mass is 10.2. The minimum absolute atomic E-state index is 0.0623. The lowest BCUT2D eigenvalue weighted by Crippen LogP contribution is -2.36. The predicted molar refractivity (Wildman–Crippen MR) is 109 cm³/mol. The van der Waals surface area contributed by atoms with Crippen LogP contribution in [0.4, 0.5) is 5.82 Å². The van der Waals surface area contributed by atoms with Crippen LogP contribution in [-0.2, 0) is 4.79 Å². The Bertz CT molecular complexity index is 875. The van der Waals surface area contributed by atoms with Crippen molar-refractivity contribution in [3.63, 3.8) is 0 Å². The number of hydrogen-bond donors (Lipinski definition) is 1. The molecule has 0 bridgehead atoms. The first-order valence-corrected chi connectivity index (χ1v) is 9.56. The quantitative estimate of drug-likeness (QED) is 0.608. The molecule has 0 aliphatic carbocycles. The Balaban J connectivity index is 1.84. The van der Waals surface area contributed by atoms with E-state index >= 15 is 0 Å². The lowest BCUT2D eigenvalue weighted by molar-refractivity contribution is -0.129. The van der Waals surface area contributed by atoms with Crippen molar-refractivity contribution in [2.24, 2.45) is 0 Å². The number of pyridine rings is 1. The van der Waals surface area contributed by atoms with Gasteiger partial charge >= 0.3 is 0 Å². The molecule has 0 atom stereocenters. The van der Waals surface area contributed by atoms with Crippen molar-refractivity contribution in [1.29, 1.82) is 0 Å². The number of carbonyl (C=O) groups excluding carboxylic acids is 1. The lowest BCUT2D eigenvalue weighted by Gasteiger charge is -2.21. The van der Waals surface area contributed by atoms with Gasteiger partial charge in [0, 0.05) is 37.1 Å². The van der Waals surface area contributed by atoms with Gasteiger partial charge in [-0.2, -0.15) is 0 Å². The van der Waals surface area contributed by atoms with E-state index in [2.05, 4.69) is 34.1 Å². The molecule has 0 spiro atoms. The molecule has 0 saturated heterocycles. The fraction of sp³-hybridized carbons (Fsp3) is 0.333. The van der Waals surface area contributed by atoms with Gasteiger partial charge in [0.05, 0.1) is 12.8 Å². The van der Waals surface area contributed by atoms with E-state index in [1.807, 2.05) is 29.2 Å². The summed E-state index contributed by atoms with van der Waals surface area (Å²) in [5.41, 5.74) is 1.50. The molecule has 0 unspecified atom stereocenters. The number of nitrogens with zero attached hydrogens (tertiary/aromatic N) is 4. The highest BCUT2D eigenvalue weighted by Crippen LogP contribution is 2.24. The summed E-state index contributed by atoms with van der Waals surface area (Å²) in [5.74, 6) is 1.83. The molecule has 0 saturated carbocycles.